The Labute approximate surface area is 169 Å². The number of nitrogens with zero attached hydrogens (tertiary/aromatic N) is 1. The van der Waals surface area contributed by atoms with Crippen LogP contribution in [0.2, 0.25) is 5.02 Å². The molecule has 0 saturated carbocycles. The number of phenolic OH excluding ortho intramolecular Hbond substituents is 1. The number of ether oxygens (including phenoxy) is 1. The Kier molecular flexibility index (Phi) is 6.02. The van der Waals surface area contributed by atoms with Crippen molar-refractivity contribution in [3.05, 3.63) is 43.2 Å². The lowest BCUT2D eigenvalue weighted by Gasteiger charge is -2.19. The van der Waals surface area contributed by atoms with Crippen LogP contribution in [0.5, 0.6) is 5.75 Å². The molecular formula is C18H19BrClN2O3S+. The SMILES string of the molecule is CCOC(=O)c1c(/N=C/c2cc(Cl)cc(Br)c2O)sc2c1CC[NH+](C)C2. The number of fused-ring (bicyclic) bond motifs is 1. The summed E-state index contributed by atoms with van der Waals surface area (Å²) in [5.41, 5.74) is 2.08. The first-order chi connectivity index (χ1) is 12.4. The Morgan fingerprint density at radius 1 is 1.54 bits per heavy atom. The molecule has 0 fully saturated rings. The Morgan fingerprint density at radius 2 is 2.31 bits per heavy atom. The van der Waals surface area contributed by atoms with Crippen LogP contribution in [0.3, 0.4) is 0 Å². The third-order valence-electron chi connectivity index (χ3n) is 4.19. The van der Waals surface area contributed by atoms with Gasteiger partial charge in [-0.3, -0.25) is 0 Å². The van der Waals surface area contributed by atoms with E-state index < -0.39 is 0 Å². The van der Waals surface area contributed by atoms with Crippen LogP contribution in [0.15, 0.2) is 21.6 Å². The maximum absolute atomic E-state index is 12.5. The molecule has 0 bridgehead atoms. The first kappa shape index (κ1) is 19.4. The summed E-state index contributed by atoms with van der Waals surface area (Å²) in [6.07, 6.45) is 2.36. The molecule has 8 heteroatoms. The molecule has 5 nitrogen and oxygen atoms in total. The number of thiophene rings is 1. The number of carbonyl (C=O) groups excluding carboxylic acids is 1. The van der Waals surface area contributed by atoms with E-state index in [4.69, 9.17) is 16.3 Å². The van der Waals surface area contributed by atoms with Gasteiger partial charge in [0.05, 0.1) is 29.5 Å². The molecule has 1 aromatic carbocycles. The summed E-state index contributed by atoms with van der Waals surface area (Å²) in [5.74, 6) is -0.283. The normalized spacial score (nSPS) is 16.7. The molecule has 0 saturated heterocycles. The number of nitrogens with one attached hydrogen (secondary N) is 1. The van der Waals surface area contributed by atoms with Crippen molar-refractivity contribution in [2.75, 3.05) is 20.2 Å². The average molecular weight is 459 g/mol. The molecular weight excluding hydrogens is 440 g/mol. The number of likely N-dealkylation sites (N-methyl/N-ethyl adjacent to an activating group) is 1. The van der Waals surface area contributed by atoms with Crippen LogP contribution in [0.1, 0.15) is 33.3 Å². The Bertz CT molecular complexity index is 882. The van der Waals surface area contributed by atoms with Crippen LogP contribution in [0, 0.1) is 0 Å². The van der Waals surface area contributed by atoms with Gasteiger partial charge in [0, 0.05) is 23.2 Å². The van der Waals surface area contributed by atoms with Gasteiger partial charge in [0.1, 0.15) is 22.9 Å². The van der Waals surface area contributed by atoms with Crippen molar-refractivity contribution >= 4 is 56.1 Å². The van der Waals surface area contributed by atoms with Gasteiger partial charge in [0.2, 0.25) is 0 Å². The zero-order valence-corrected chi connectivity index (χ0v) is 17.6. The van der Waals surface area contributed by atoms with Crippen molar-refractivity contribution < 1.29 is 19.5 Å². The maximum Gasteiger partial charge on any atom is 0.341 e. The monoisotopic (exact) mass is 457 g/mol. The highest BCUT2D eigenvalue weighted by molar-refractivity contribution is 9.10. The number of carbonyl (C=O) groups is 1. The lowest BCUT2D eigenvalue weighted by Crippen LogP contribution is -3.08. The summed E-state index contributed by atoms with van der Waals surface area (Å²) in [6.45, 7) is 3.95. The first-order valence-corrected chi connectivity index (χ1v) is 10.2. The standard InChI is InChI=1S/C18H18BrClN2O3S/c1-3-25-18(24)15-12-4-5-22(2)9-14(12)26-17(15)21-8-10-6-11(20)7-13(19)16(10)23/h6-8,23H,3-5,9H2,1-2H3/p+1/b21-8+. The average Bonchev–Trinajstić information content (AvgIpc) is 2.94. The fourth-order valence-corrected chi connectivity index (χ4v) is 5.05. The molecule has 1 unspecified atom stereocenters. The number of hydrogen-bond donors (Lipinski definition) is 2. The zero-order valence-electron chi connectivity index (χ0n) is 14.4. The number of halogens is 2. The topological polar surface area (TPSA) is 63.3 Å². The lowest BCUT2D eigenvalue weighted by atomic mass is 10.0. The molecule has 1 atom stereocenters. The number of phenols is 1. The molecule has 0 radical (unpaired) electrons. The van der Waals surface area contributed by atoms with E-state index in [1.165, 1.54) is 27.3 Å². The number of aliphatic imine (C=N–C) groups is 1. The predicted octanol–water partition coefficient (Wildman–Crippen LogP) is 3.37. The molecule has 1 aliphatic rings. The summed E-state index contributed by atoms with van der Waals surface area (Å²) in [7, 11) is 2.14. The van der Waals surface area contributed by atoms with Crippen molar-refractivity contribution in [2.24, 2.45) is 4.99 Å². The quantitative estimate of drug-likeness (QED) is 0.545. The zero-order chi connectivity index (χ0) is 18.8. The van der Waals surface area contributed by atoms with Gasteiger partial charge in [-0.05, 0) is 40.5 Å². The molecule has 1 aliphatic heterocycles. The second-order valence-electron chi connectivity index (χ2n) is 6.12. The van der Waals surface area contributed by atoms with Gasteiger partial charge in [-0.2, -0.15) is 0 Å². The number of aromatic hydroxyl groups is 1. The predicted molar refractivity (Wildman–Crippen MR) is 108 cm³/mol. The summed E-state index contributed by atoms with van der Waals surface area (Å²) in [4.78, 5) is 19.6. The van der Waals surface area contributed by atoms with Crippen molar-refractivity contribution in [1.82, 2.24) is 0 Å². The van der Waals surface area contributed by atoms with Crippen LogP contribution in [-0.4, -0.2) is 37.5 Å². The second-order valence-corrected chi connectivity index (χ2v) is 8.50. The van der Waals surface area contributed by atoms with Crippen LogP contribution in [0.4, 0.5) is 5.00 Å². The molecule has 3 rings (SSSR count). The molecule has 0 aliphatic carbocycles. The molecule has 138 valence electrons. The minimum absolute atomic E-state index is 0.0568. The first-order valence-electron chi connectivity index (χ1n) is 8.25. The fraction of sp³-hybridized carbons (Fsp3) is 0.333. The number of esters is 1. The third-order valence-corrected chi connectivity index (χ3v) is 6.16. The number of benzene rings is 1. The highest BCUT2D eigenvalue weighted by Crippen LogP contribution is 2.38. The summed E-state index contributed by atoms with van der Waals surface area (Å²) in [5, 5.41) is 11.3. The van der Waals surface area contributed by atoms with Crippen LogP contribution >= 0.6 is 38.9 Å². The molecule has 2 aromatic rings. The van der Waals surface area contributed by atoms with Crippen LogP contribution in [0.25, 0.3) is 0 Å². The highest BCUT2D eigenvalue weighted by atomic mass is 79.9. The summed E-state index contributed by atoms with van der Waals surface area (Å²) >= 11 is 10.8. The lowest BCUT2D eigenvalue weighted by molar-refractivity contribution is -0.895. The van der Waals surface area contributed by atoms with Crippen molar-refractivity contribution in [1.29, 1.82) is 0 Å². The fourth-order valence-electron chi connectivity index (χ4n) is 2.92. The molecule has 0 amide bonds. The smallest absolute Gasteiger partial charge is 0.341 e. The minimum Gasteiger partial charge on any atom is -0.506 e. The van der Waals surface area contributed by atoms with Crippen LogP contribution < -0.4 is 4.90 Å². The van der Waals surface area contributed by atoms with Crippen molar-refractivity contribution in [3.8, 4) is 5.75 Å². The minimum atomic E-state index is -0.340. The van der Waals surface area contributed by atoms with Gasteiger partial charge in [-0.1, -0.05) is 11.6 Å². The van der Waals surface area contributed by atoms with Gasteiger partial charge >= 0.3 is 5.97 Å². The number of rotatable bonds is 4. The Morgan fingerprint density at radius 3 is 3.04 bits per heavy atom. The van der Waals surface area contributed by atoms with E-state index in [-0.39, 0.29) is 11.7 Å². The van der Waals surface area contributed by atoms with Crippen molar-refractivity contribution in [3.63, 3.8) is 0 Å². The van der Waals surface area contributed by atoms with Gasteiger partial charge in [0.25, 0.3) is 0 Å². The van der Waals surface area contributed by atoms with E-state index in [0.29, 0.717) is 32.2 Å². The van der Waals surface area contributed by atoms with E-state index in [9.17, 15) is 9.90 Å². The third kappa shape index (κ3) is 3.96. The van der Waals surface area contributed by atoms with Gasteiger partial charge in [0.15, 0.2) is 0 Å². The largest absolute Gasteiger partial charge is 0.506 e. The van der Waals surface area contributed by atoms with E-state index in [1.807, 2.05) is 0 Å². The molecule has 26 heavy (non-hydrogen) atoms. The van der Waals surface area contributed by atoms with E-state index in [1.54, 1.807) is 19.1 Å². The van der Waals surface area contributed by atoms with E-state index >= 15 is 0 Å². The molecule has 0 spiro atoms. The highest BCUT2D eigenvalue weighted by Gasteiger charge is 2.29. The number of hydrogen-bond acceptors (Lipinski definition) is 5. The van der Waals surface area contributed by atoms with Gasteiger partial charge < -0.3 is 14.7 Å². The Balaban J connectivity index is 2.03. The molecule has 1 aromatic heterocycles. The van der Waals surface area contributed by atoms with Gasteiger partial charge in [-0.25, -0.2) is 9.79 Å². The van der Waals surface area contributed by atoms with E-state index in [2.05, 4.69) is 28.0 Å². The number of quaternary nitrogens is 1. The summed E-state index contributed by atoms with van der Waals surface area (Å²) in [6, 6.07) is 3.24. The summed E-state index contributed by atoms with van der Waals surface area (Å²) < 4.78 is 5.74. The van der Waals surface area contributed by atoms with Crippen LogP contribution in [-0.2, 0) is 17.7 Å². The Hall–Kier alpha value is -1.41. The second kappa shape index (κ2) is 8.08. The van der Waals surface area contributed by atoms with Gasteiger partial charge in [-0.15, -0.1) is 11.3 Å². The van der Waals surface area contributed by atoms with E-state index in [0.717, 1.165) is 25.1 Å². The maximum atomic E-state index is 12.5. The van der Waals surface area contributed by atoms with Crippen molar-refractivity contribution in [2.45, 2.75) is 19.9 Å². The molecule has 2 heterocycles. The molecule has 2 N–H and O–H groups in total.